The first-order chi connectivity index (χ1) is 31.1. The number of carbonyl (C=O) groups excluding carboxylic acids is 2. The number of allylic oxidation sites excluding steroid dienone is 8. The molecule has 0 aromatic heterocycles. The van der Waals surface area contributed by atoms with Gasteiger partial charge in [-0.15, -0.1) is 0 Å². The number of carboxylic acid groups (broad SMARTS) is 1. The third-order valence-electron chi connectivity index (χ3n) is 11.1. The Morgan fingerprint density at radius 3 is 1.33 bits per heavy atom. The number of carbonyl (C=O) groups is 3. The second-order valence-corrected chi connectivity index (χ2v) is 18.8. The van der Waals surface area contributed by atoms with E-state index in [2.05, 4.69) is 67.8 Å². The van der Waals surface area contributed by atoms with Crippen molar-refractivity contribution in [2.75, 3.05) is 19.8 Å². The maximum absolute atomic E-state index is 12.4. The van der Waals surface area contributed by atoms with Gasteiger partial charge in [-0.1, -0.05) is 191 Å². The summed E-state index contributed by atoms with van der Waals surface area (Å²) in [5, 5.41) is 21.9. The van der Waals surface area contributed by atoms with Gasteiger partial charge in [0.25, 0.3) is 0 Å². The lowest BCUT2D eigenvalue weighted by Gasteiger charge is -2.18. The number of rotatable bonds is 48. The van der Waals surface area contributed by atoms with Gasteiger partial charge in [0.05, 0.1) is 13.2 Å². The summed E-state index contributed by atoms with van der Waals surface area (Å²) < 4.78 is 26.9. The van der Waals surface area contributed by atoms with Crippen LogP contribution in [0.25, 0.3) is 0 Å². The van der Waals surface area contributed by atoms with Crippen LogP contribution < -0.4 is 5.32 Å². The standard InChI is InChI=1S/C52H94NO10P/c1-3-5-7-9-11-13-15-17-19-21-23-24-26-27-29-31-33-35-37-39-41-43-50(55)53-49(52(57)58)47-63-64(59,60)62-46-48(54)45-61-51(56)44-42-40-38-36-34-32-30-28-25-22-20-18-16-14-12-10-8-6-4-2/h12,14,17-20,25,28,48-49,54H,3-11,13,15-16,21-24,26-27,29-47H2,1-2H3,(H,53,55)(H,57,58)(H,59,60)/b14-12-,19-17+,20-18-,28-25-. The van der Waals surface area contributed by atoms with E-state index in [1.54, 1.807) is 0 Å². The fourth-order valence-electron chi connectivity index (χ4n) is 7.08. The molecule has 0 bridgehead atoms. The minimum absolute atomic E-state index is 0.144. The Morgan fingerprint density at radius 2 is 0.859 bits per heavy atom. The summed E-state index contributed by atoms with van der Waals surface area (Å²) in [5.74, 6) is -2.38. The Balaban J connectivity index is 3.85. The zero-order chi connectivity index (χ0) is 47.0. The van der Waals surface area contributed by atoms with Crippen molar-refractivity contribution in [2.45, 2.75) is 244 Å². The molecular formula is C52H94NO10P. The lowest BCUT2D eigenvalue weighted by atomic mass is 10.0. The maximum atomic E-state index is 12.4. The van der Waals surface area contributed by atoms with E-state index in [4.69, 9.17) is 13.8 Å². The molecule has 0 fully saturated rings. The number of unbranched alkanes of at least 4 members (excludes halogenated alkanes) is 26. The second-order valence-electron chi connectivity index (χ2n) is 17.4. The van der Waals surface area contributed by atoms with Crippen LogP contribution >= 0.6 is 7.82 Å². The van der Waals surface area contributed by atoms with E-state index in [-0.39, 0.29) is 12.8 Å². The van der Waals surface area contributed by atoms with Crippen LogP contribution in [0.1, 0.15) is 232 Å². The fourth-order valence-corrected chi connectivity index (χ4v) is 7.85. The molecular weight excluding hydrogens is 830 g/mol. The van der Waals surface area contributed by atoms with Gasteiger partial charge < -0.3 is 25.2 Å². The molecule has 372 valence electrons. The average Bonchev–Trinajstić information content (AvgIpc) is 3.27. The summed E-state index contributed by atoms with van der Waals surface area (Å²) in [4.78, 5) is 46.1. The number of aliphatic carboxylic acids is 1. The molecule has 3 atom stereocenters. The summed E-state index contributed by atoms with van der Waals surface area (Å²) in [7, 11) is -4.77. The third-order valence-corrected chi connectivity index (χ3v) is 12.0. The molecule has 0 rings (SSSR count). The summed E-state index contributed by atoms with van der Waals surface area (Å²) in [6.45, 7) is 2.58. The number of ether oxygens (including phenoxy) is 1. The minimum Gasteiger partial charge on any atom is -0.480 e. The summed E-state index contributed by atoms with van der Waals surface area (Å²) in [5.41, 5.74) is 0. The van der Waals surface area contributed by atoms with E-state index in [0.717, 1.165) is 70.6 Å². The number of hydrogen-bond donors (Lipinski definition) is 4. The van der Waals surface area contributed by atoms with Crippen molar-refractivity contribution >= 4 is 25.7 Å². The molecule has 0 aliphatic carbocycles. The van der Waals surface area contributed by atoms with Gasteiger partial charge in [0.15, 0.2) is 6.04 Å². The Bertz CT molecular complexity index is 1270. The van der Waals surface area contributed by atoms with Gasteiger partial charge in [0.2, 0.25) is 5.91 Å². The molecule has 0 saturated heterocycles. The van der Waals surface area contributed by atoms with Crippen LogP contribution in [0.3, 0.4) is 0 Å². The zero-order valence-corrected chi connectivity index (χ0v) is 41.5. The summed E-state index contributed by atoms with van der Waals surface area (Å²) >= 11 is 0. The molecule has 0 aromatic rings. The Morgan fingerprint density at radius 1 is 0.500 bits per heavy atom. The predicted octanol–water partition coefficient (Wildman–Crippen LogP) is 14.1. The normalized spacial score (nSPS) is 13.9. The van der Waals surface area contributed by atoms with Crippen LogP contribution in [0.2, 0.25) is 0 Å². The number of aliphatic hydroxyl groups excluding tert-OH is 1. The lowest BCUT2D eigenvalue weighted by Crippen LogP contribution is -2.43. The van der Waals surface area contributed by atoms with Crippen LogP contribution in [0.15, 0.2) is 48.6 Å². The lowest BCUT2D eigenvalue weighted by molar-refractivity contribution is -0.147. The van der Waals surface area contributed by atoms with Crippen molar-refractivity contribution in [1.82, 2.24) is 5.32 Å². The van der Waals surface area contributed by atoms with E-state index in [9.17, 15) is 34.1 Å². The zero-order valence-electron chi connectivity index (χ0n) is 40.6. The molecule has 0 radical (unpaired) electrons. The number of hydrogen-bond acceptors (Lipinski definition) is 8. The van der Waals surface area contributed by atoms with Gasteiger partial charge in [-0.25, -0.2) is 9.36 Å². The third kappa shape index (κ3) is 46.0. The Hall–Kier alpha value is -2.56. The smallest absolute Gasteiger partial charge is 0.472 e. The van der Waals surface area contributed by atoms with Crippen LogP contribution in [-0.2, 0) is 32.7 Å². The first kappa shape index (κ1) is 61.4. The molecule has 4 N–H and O–H groups in total. The van der Waals surface area contributed by atoms with Gasteiger partial charge in [-0.2, -0.15) is 0 Å². The molecule has 0 aliphatic rings. The predicted molar refractivity (Wildman–Crippen MR) is 263 cm³/mol. The van der Waals surface area contributed by atoms with Crippen molar-refractivity contribution in [2.24, 2.45) is 0 Å². The highest BCUT2D eigenvalue weighted by molar-refractivity contribution is 7.47. The maximum Gasteiger partial charge on any atom is 0.472 e. The highest BCUT2D eigenvalue weighted by Crippen LogP contribution is 2.43. The van der Waals surface area contributed by atoms with Crippen molar-refractivity contribution in [3.05, 3.63) is 48.6 Å². The number of amides is 1. The second kappa shape index (κ2) is 47.0. The van der Waals surface area contributed by atoms with Crippen LogP contribution in [-0.4, -0.2) is 64.9 Å². The molecule has 0 spiro atoms. The number of phosphoric ester groups is 1. The van der Waals surface area contributed by atoms with Crippen molar-refractivity contribution in [3.8, 4) is 0 Å². The van der Waals surface area contributed by atoms with Crippen molar-refractivity contribution in [1.29, 1.82) is 0 Å². The molecule has 0 aromatic carbocycles. The average molecular weight is 924 g/mol. The SMILES string of the molecule is CCCCC/C=C\C/C=C\C/C=C\CCCCCCCCC(=O)OCC(O)COP(=O)(O)OCC(NC(=O)CCCCCCCCCCCCC/C=C/CCCCCCCC)C(=O)O. The van der Waals surface area contributed by atoms with Crippen molar-refractivity contribution < 1.29 is 47.8 Å². The van der Waals surface area contributed by atoms with E-state index in [1.165, 1.54) is 122 Å². The van der Waals surface area contributed by atoms with E-state index >= 15 is 0 Å². The van der Waals surface area contributed by atoms with Gasteiger partial charge in [-0.3, -0.25) is 18.6 Å². The van der Waals surface area contributed by atoms with E-state index in [0.29, 0.717) is 12.8 Å². The molecule has 3 unspecified atom stereocenters. The van der Waals surface area contributed by atoms with Gasteiger partial charge in [0, 0.05) is 12.8 Å². The first-order valence-electron chi connectivity index (χ1n) is 25.7. The van der Waals surface area contributed by atoms with Crippen LogP contribution in [0.5, 0.6) is 0 Å². The molecule has 12 heteroatoms. The molecule has 11 nitrogen and oxygen atoms in total. The largest absolute Gasteiger partial charge is 0.480 e. The first-order valence-corrected chi connectivity index (χ1v) is 27.2. The minimum atomic E-state index is -4.77. The molecule has 64 heavy (non-hydrogen) atoms. The number of nitrogens with one attached hydrogen (secondary N) is 1. The van der Waals surface area contributed by atoms with Crippen LogP contribution in [0, 0.1) is 0 Å². The summed E-state index contributed by atoms with van der Waals surface area (Å²) in [6, 6.07) is -1.55. The van der Waals surface area contributed by atoms with Gasteiger partial charge >= 0.3 is 19.8 Å². The number of esters is 1. The molecule has 0 heterocycles. The monoisotopic (exact) mass is 924 g/mol. The summed E-state index contributed by atoms with van der Waals surface area (Å²) in [6.07, 6.45) is 54.1. The fraction of sp³-hybridized carbons (Fsp3) is 0.788. The number of carboxylic acids is 1. The highest BCUT2D eigenvalue weighted by Gasteiger charge is 2.28. The number of aliphatic hydroxyl groups is 1. The highest BCUT2D eigenvalue weighted by atomic mass is 31.2. The Labute approximate surface area is 390 Å². The molecule has 1 amide bonds. The van der Waals surface area contributed by atoms with Gasteiger partial charge in [0.1, 0.15) is 12.7 Å². The Kier molecular flexibility index (Phi) is 45.1. The van der Waals surface area contributed by atoms with Crippen molar-refractivity contribution in [3.63, 3.8) is 0 Å². The van der Waals surface area contributed by atoms with E-state index in [1.807, 2.05) is 0 Å². The van der Waals surface area contributed by atoms with E-state index < -0.39 is 57.6 Å². The molecule has 0 aliphatic heterocycles. The van der Waals surface area contributed by atoms with Gasteiger partial charge in [-0.05, 0) is 77.0 Å². The topological polar surface area (TPSA) is 169 Å². The van der Waals surface area contributed by atoms with Crippen LogP contribution in [0.4, 0.5) is 0 Å². The number of phosphoric acid groups is 1. The molecule has 0 saturated carbocycles. The quantitative estimate of drug-likeness (QED) is 0.0199.